The fraction of sp³-hybridized carbons (Fsp3) is 0.0714. The van der Waals surface area contributed by atoms with Crippen LogP contribution in [0.4, 0.5) is 0 Å². The molecule has 80 valence electrons. The molecule has 0 N–H and O–H groups in total. The van der Waals surface area contributed by atoms with Crippen molar-refractivity contribution < 1.29 is 4.79 Å². The molecule has 0 radical (unpaired) electrons. The van der Waals surface area contributed by atoms with Gasteiger partial charge in [0.05, 0.1) is 5.92 Å². The molecule has 1 unspecified atom stereocenters. The Morgan fingerprint density at radius 3 is 2.00 bits per heavy atom. The van der Waals surface area contributed by atoms with E-state index in [0.717, 1.165) is 17.4 Å². The number of benzene rings is 2. The van der Waals surface area contributed by atoms with Crippen molar-refractivity contribution in [2.45, 2.75) is 5.92 Å². The van der Waals surface area contributed by atoms with Gasteiger partial charge in [0.25, 0.3) is 0 Å². The molecule has 0 spiro atoms. The van der Waals surface area contributed by atoms with Gasteiger partial charge in [-0.3, -0.25) is 0 Å². The van der Waals surface area contributed by atoms with Crippen molar-refractivity contribution in [3.8, 4) is 0 Å². The topological polar surface area (TPSA) is 17.1 Å². The Kier molecular flexibility index (Phi) is 3.37. The van der Waals surface area contributed by atoms with E-state index < -0.39 is 0 Å². The Morgan fingerprint density at radius 1 is 0.875 bits per heavy atom. The van der Waals surface area contributed by atoms with E-state index in [4.69, 9.17) is 11.6 Å². The Balaban J connectivity index is 2.37. The van der Waals surface area contributed by atoms with E-state index in [1.165, 1.54) is 0 Å². The van der Waals surface area contributed by atoms with Crippen LogP contribution in [0.15, 0.2) is 54.6 Å². The summed E-state index contributed by atoms with van der Waals surface area (Å²) < 4.78 is 0. The first kappa shape index (κ1) is 10.9. The predicted molar refractivity (Wildman–Crippen MR) is 65.8 cm³/mol. The molecule has 0 saturated heterocycles. The predicted octanol–water partition coefficient (Wildman–Crippen LogP) is 3.67. The third kappa shape index (κ3) is 2.31. The molecule has 2 aromatic carbocycles. The van der Waals surface area contributed by atoms with Crippen molar-refractivity contribution in [3.63, 3.8) is 0 Å². The number of carbonyl (C=O) groups is 1. The standard InChI is InChI=1S/C14H11ClO/c15-13-8-6-12(7-9-13)14(10-16)11-4-2-1-3-5-11/h1-10,14H. The lowest BCUT2D eigenvalue weighted by Crippen LogP contribution is -2.01. The normalized spacial score (nSPS) is 12.1. The first-order chi connectivity index (χ1) is 7.81. The van der Waals surface area contributed by atoms with Gasteiger partial charge >= 0.3 is 0 Å². The largest absolute Gasteiger partial charge is 0.302 e. The Bertz CT molecular complexity index is 462. The zero-order chi connectivity index (χ0) is 11.4. The van der Waals surface area contributed by atoms with Crippen LogP contribution in [0.5, 0.6) is 0 Å². The maximum absolute atomic E-state index is 11.2. The lowest BCUT2D eigenvalue weighted by Gasteiger charge is -2.10. The highest BCUT2D eigenvalue weighted by Crippen LogP contribution is 2.23. The van der Waals surface area contributed by atoms with E-state index in [1.54, 1.807) is 12.1 Å². The molecule has 0 aliphatic heterocycles. The van der Waals surface area contributed by atoms with Gasteiger partial charge in [-0.1, -0.05) is 54.1 Å². The summed E-state index contributed by atoms with van der Waals surface area (Å²) in [5.74, 6) is -0.210. The summed E-state index contributed by atoms with van der Waals surface area (Å²) in [5.41, 5.74) is 1.96. The minimum Gasteiger partial charge on any atom is -0.302 e. The Morgan fingerprint density at radius 2 is 1.44 bits per heavy atom. The maximum Gasteiger partial charge on any atom is 0.131 e. The summed E-state index contributed by atoms with van der Waals surface area (Å²) in [6.45, 7) is 0. The first-order valence-electron chi connectivity index (χ1n) is 5.07. The summed E-state index contributed by atoms with van der Waals surface area (Å²) in [4.78, 5) is 11.2. The van der Waals surface area contributed by atoms with E-state index in [2.05, 4.69) is 0 Å². The molecule has 0 aliphatic carbocycles. The Hall–Kier alpha value is -1.60. The van der Waals surface area contributed by atoms with Crippen LogP contribution in [0, 0.1) is 0 Å². The van der Waals surface area contributed by atoms with Gasteiger partial charge in [-0.2, -0.15) is 0 Å². The molecule has 0 saturated carbocycles. The van der Waals surface area contributed by atoms with Crippen molar-refractivity contribution in [2.75, 3.05) is 0 Å². The number of rotatable bonds is 3. The van der Waals surface area contributed by atoms with Crippen LogP contribution in [-0.4, -0.2) is 6.29 Å². The van der Waals surface area contributed by atoms with Gasteiger partial charge in [0.2, 0.25) is 0 Å². The van der Waals surface area contributed by atoms with Gasteiger partial charge in [-0.15, -0.1) is 0 Å². The van der Waals surface area contributed by atoms with Gasteiger partial charge in [0, 0.05) is 5.02 Å². The van der Waals surface area contributed by atoms with E-state index in [1.807, 2.05) is 42.5 Å². The quantitative estimate of drug-likeness (QED) is 0.736. The molecule has 0 aliphatic rings. The van der Waals surface area contributed by atoms with Crippen LogP contribution in [0.2, 0.25) is 5.02 Å². The monoisotopic (exact) mass is 230 g/mol. The third-order valence-corrected chi connectivity index (χ3v) is 2.78. The van der Waals surface area contributed by atoms with Gasteiger partial charge < -0.3 is 4.79 Å². The fourth-order valence-corrected chi connectivity index (χ4v) is 1.81. The molecule has 0 bridgehead atoms. The smallest absolute Gasteiger partial charge is 0.131 e. The van der Waals surface area contributed by atoms with E-state index in [0.29, 0.717) is 5.02 Å². The summed E-state index contributed by atoms with van der Waals surface area (Å²) in [7, 11) is 0. The molecule has 0 amide bonds. The molecule has 2 aromatic rings. The zero-order valence-corrected chi connectivity index (χ0v) is 9.39. The minimum absolute atomic E-state index is 0.210. The van der Waals surface area contributed by atoms with Crippen molar-refractivity contribution >= 4 is 17.9 Å². The van der Waals surface area contributed by atoms with E-state index in [-0.39, 0.29) is 5.92 Å². The minimum atomic E-state index is -0.210. The molecule has 16 heavy (non-hydrogen) atoms. The van der Waals surface area contributed by atoms with Crippen molar-refractivity contribution in [3.05, 3.63) is 70.7 Å². The first-order valence-corrected chi connectivity index (χ1v) is 5.45. The number of carbonyl (C=O) groups excluding carboxylic acids is 1. The lowest BCUT2D eigenvalue weighted by atomic mass is 9.93. The van der Waals surface area contributed by atoms with Gasteiger partial charge in [0.1, 0.15) is 6.29 Å². The van der Waals surface area contributed by atoms with Crippen LogP contribution in [0.3, 0.4) is 0 Å². The number of halogens is 1. The molecule has 1 nitrogen and oxygen atoms in total. The molecule has 0 aromatic heterocycles. The molecule has 0 heterocycles. The number of hydrogen-bond acceptors (Lipinski definition) is 1. The van der Waals surface area contributed by atoms with Crippen LogP contribution in [-0.2, 0) is 4.79 Å². The number of hydrogen-bond donors (Lipinski definition) is 0. The Labute approximate surface area is 99.7 Å². The molecule has 0 fully saturated rings. The van der Waals surface area contributed by atoms with Gasteiger partial charge in [-0.05, 0) is 23.3 Å². The van der Waals surface area contributed by atoms with E-state index in [9.17, 15) is 4.79 Å². The summed E-state index contributed by atoms with van der Waals surface area (Å²) in [5, 5.41) is 0.682. The third-order valence-electron chi connectivity index (χ3n) is 2.52. The number of aldehydes is 1. The molecular formula is C14H11ClO. The molecule has 2 heteroatoms. The molecule has 1 atom stereocenters. The second-order valence-electron chi connectivity index (χ2n) is 3.58. The van der Waals surface area contributed by atoms with Crippen molar-refractivity contribution in [1.29, 1.82) is 0 Å². The van der Waals surface area contributed by atoms with Crippen LogP contribution < -0.4 is 0 Å². The van der Waals surface area contributed by atoms with Gasteiger partial charge in [0.15, 0.2) is 0 Å². The summed E-state index contributed by atoms with van der Waals surface area (Å²) in [6.07, 6.45) is 0.957. The second-order valence-corrected chi connectivity index (χ2v) is 4.01. The summed E-state index contributed by atoms with van der Waals surface area (Å²) in [6, 6.07) is 17.1. The highest BCUT2D eigenvalue weighted by atomic mass is 35.5. The SMILES string of the molecule is O=CC(c1ccccc1)c1ccc(Cl)cc1. The fourth-order valence-electron chi connectivity index (χ4n) is 1.68. The van der Waals surface area contributed by atoms with E-state index >= 15 is 0 Å². The van der Waals surface area contributed by atoms with Crippen LogP contribution in [0.25, 0.3) is 0 Å². The van der Waals surface area contributed by atoms with Crippen LogP contribution >= 0.6 is 11.6 Å². The highest BCUT2D eigenvalue weighted by molar-refractivity contribution is 6.30. The second kappa shape index (κ2) is 4.95. The highest BCUT2D eigenvalue weighted by Gasteiger charge is 2.11. The average molecular weight is 231 g/mol. The average Bonchev–Trinajstić information content (AvgIpc) is 2.34. The van der Waals surface area contributed by atoms with Gasteiger partial charge in [-0.25, -0.2) is 0 Å². The maximum atomic E-state index is 11.2. The molecular weight excluding hydrogens is 220 g/mol. The molecule has 2 rings (SSSR count). The van der Waals surface area contributed by atoms with Crippen LogP contribution in [0.1, 0.15) is 17.0 Å². The van der Waals surface area contributed by atoms with Crippen molar-refractivity contribution in [2.24, 2.45) is 0 Å². The summed E-state index contributed by atoms with van der Waals surface area (Å²) >= 11 is 5.82. The lowest BCUT2D eigenvalue weighted by molar-refractivity contribution is -0.108. The zero-order valence-electron chi connectivity index (χ0n) is 8.64. The van der Waals surface area contributed by atoms with Crippen molar-refractivity contribution in [1.82, 2.24) is 0 Å².